The number of azo groups is 1. The first-order chi connectivity index (χ1) is 14.0. The van der Waals surface area contributed by atoms with E-state index >= 15 is 0 Å². The van der Waals surface area contributed by atoms with Gasteiger partial charge in [0.15, 0.2) is 5.75 Å². The van der Waals surface area contributed by atoms with Crippen LogP contribution in [0.2, 0.25) is 0 Å². The van der Waals surface area contributed by atoms with Crippen molar-refractivity contribution in [1.82, 2.24) is 0 Å². The van der Waals surface area contributed by atoms with Crippen molar-refractivity contribution in [3.05, 3.63) is 48.5 Å². The monoisotopic (exact) mass is 451 g/mol. The van der Waals surface area contributed by atoms with Gasteiger partial charge in [-0.1, -0.05) is 18.2 Å². The van der Waals surface area contributed by atoms with Crippen molar-refractivity contribution in [1.29, 1.82) is 0 Å². The van der Waals surface area contributed by atoms with E-state index in [9.17, 15) is 26.5 Å². The van der Waals surface area contributed by atoms with Gasteiger partial charge < -0.3 is 9.84 Å². The highest BCUT2D eigenvalue weighted by molar-refractivity contribution is 7.92. The molecule has 0 unspecified atom stereocenters. The number of fused-ring (bicyclic) bond motifs is 1. The molecule has 158 valence electrons. The molecule has 0 atom stereocenters. The predicted octanol–water partition coefficient (Wildman–Crippen LogP) is 3.59. The average molecular weight is 451 g/mol. The summed E-state index contributed by atoms with van der Waals surface area (Å²) in [6, 6.07) is 11.6. The van der Waals surface area contributed by atoms with Crippen LogP contribution in [0.1, 0.15) is 0 Å². The Bertz CT molecular complexity index is 1370. The largest absolute Gasteiger partial charge is 0.505 e. The number of para-hydroxylation sites is 1. The second-order valence-corrected chi connectivity index (χ2v) is 9.39. The third-order valence-corrected chi connectivity index (χ3v) is 5.41. The quantitative estimate of drug-likeness (QED) is 0.382. The Labute approximate surface area is 172 Å². The van der Waals surface area contributed by atoms with Gasteiger partial charge in [-0.3, -0.25) is 9.27 Å². The Kier molecular flexibility index (Phi) is 5.65. The number of hydrogen-bond donors (Lipinski definition) is 3. The normalized spacial score (nSPS) is 12.4. The number of phenols is 1. The lowest BCUT2D eigenvalue weighted by molar-refractivity contribution is 0.416. The molecule has 0 radical (unpaired) electrons. The molecule has 3 aromatic rings. The molecule has 10 nitrogen and oxygen atoms in total. The molecule has 0 heterocycles. The molecule has 12 heteroatoms. The van der Waals surface area contributed by atoms with Crippen LogP contribution in [-0.4, -0.2) is 39.9 Å². The van der Waals surface area contributed by atoms with Crippen LogP contribution in [0.15, 0.2) is 63.7 Å². The van der Waals surface area contributed by atoms with Gasteiger partial charge in [-0.05, 0) is 35.7 Å². The second kappa shape index (κ2) is 7.89. The predicted molar refractivity (Wildman–Crippen MR) is 111 cm³/mol. The topological polar surface area (TPSA) is 155 Å². The first-order valence-electron chi connectivity index (χ1n) is 8.29. The van der Waals surface area contributed by atoms with E-state index in [1.54, 1.807) is 24.3 Å². The molecule has 0 bridgehead atoms. The first-order valence-corrected chi connectivity index (χ1v) is 11.6. The molecule has 0 spiro atoms. The standard InChI is InChI=1S/C18H17N3O7S2/c1-28-16-6-4-3-5-13(16)19-20-14-8-7-11-9-12(30(25,26)27)10-15(17(11)18(14)22)21-29(2,23)24/h3-10,21-22H,1-2H3,(H,25,26,27). The number of rotatable bonds is 6. The van der Waals surface area contributed by atoms with Crippen LogP contribution in [0.5, 0.6) is 11.5 Å². The van der Waals surface area contributed by atoms with Crippen molar-refractivity contribution in [2.24, 2.45) is 10.2 Å². The fourth-order valence-corrected chi connectivity index (χ4v) is 3.84. The summed E-state index contributed by atoms with van der Waals surface area (Å²) in [4.78, 5) is -0.538. The summed E-state index contributed by atoms with van der Waals surface area (Å²) in [5.41, 5.74) is 0.162. The number of phenolic OH excluding ortho intramolecular Hbond substituents is 1. The maximum Gasteiger partial charge on any atom is 0.294 e. The molecule has 0 saturated heterocycles. The van der Waals surface area contributed by atoms with Gasteiger partial charge in [-0.15, -0.1) is 10.2 Å². The molecule has 0 aromatic heterocycles. The Morgan fingerprint density at radius 3 is 2.27 bits per heavy atom. The van der Waals surface area contributed by atoms with Crippen LogP contribution < -0.4 is 9.46 Å². The molecular formula is C18H17N3O7S2. The molecule has 3 rings (SSSR count). The number of sulfonamides is 1. The summed E-state index contributed by atoms with van der Waals surface area (Å²) in [5.74, 6) is 0.0259. The number of nitrogens with zero attached hydrogens (tertiary/aromatic N) is 2. The number of methoxy groups -OCH3 is 1. The van der Waals surface area contributed by atoms with E-state index in [-0.39, 0.29) is 22.1 Å². The summed E-state index contributed by atoms with van der Waals surface area (Å²) in [5, 5.41) is 18.9. The van der Waals surface area contributed by atoms with E-state index in [1.807, 2.05) is 0 Å². The number of hydrogen-bond acceptors (Lipinski definition) is 8. The van der Waals surface area contributed by atoms with Crippen LogP contribution in [-0.2, 0) is 20.1 Å². The molecule has 3 N–H and O–H groups in total. The lowest BCUT2D eigenvalue weighted by Crippen LogP contribution is -2.11. The van der Waals surface area contributed by atoms with Crippen LogP contribution in [0.3, 0.4) is 0 Å². The van der Waals surface area contributed by atoms with Crippen molar-refractivity contribution in [2.45, 2.75) is 4.90 Å². The van der Waals surface area contributed by atoms with E-state index in [2.05, 4.69) is 15.0 Å². The van der Waals surface area contributed by atoms with Crippen LogP contribution in [0.25, 0.3) is 10.8 Å². The smallest absolute Gasteiger partial charge is 0.294 e. The third-order valence-electron chi connectivity index (χ3n) is 3.99. The minimum absolute atomic E-state index is 0.00422. The summed E-state index contributed by atoms with van der Waals surface area (Å²) in [6.07, 6.45) is 0.862. The number of benzene rings is 3. The minimum atomic E-state index is -4.62. The maximum absolute atomic E-state index is 11.7. The third kappa shape index (κ3) is 4.67. The van der Waals surface area contributed by atoms with Crippen molar-refractivity contribution in [2.75, 3.05) is 18.1 Å². The molecule has 0 aliphatic carbocycles. The van der Waals surface area contributed by atoms with Gasteiger partial charge >= 0.3 is 0 Å². The van der Waals surface area contributed by atoms with Gasteiger partial charge in [-0.25, -0.2) is 8.42 Å². The van der Waals surface area contributed by atoms with Crippen molar-refractivity contribution in [3.63, 3.8) is 0 Å². The number of ether oxygens (including phenoxy) is 1. The zero-order chi connectivity index (χ0) is 22.1. The summed E-state index contributed by atoms with van der Waals surface area (Å²) >= 11 is 0. The van der Waals surface area contributed by atoms with Crippen molar-refractivity contribution < 1.29 is 31.2 Å². The van der Waals surface area contributed by atoms with Gasteiger partial charge in [-0.2, -0.15) is 8.42 Å². The van der Waals surface area contributed by atoms with E-state index in [1.165, 1.54) is 19.2 Å². The maximum atomic E-state index is 11.7. The molecule has 3 aromatic carbocycles. The Balaban J connectivity index is 2.21. The van der Waals surface area contributed by atoms with Gasteiger partial charge in [0.25, 0.3) is 10.1 Å². The number of anilines is 1. The lowest BCUT2D eigenvalue weighted by atomic mass is 10.1. The Hall–Kier alpha value is -3.22. The van der Waals surface area contributed by atoms with E-state index < -0.39 is 30.8 Å². The van der Waals surface area contributed by atoms with Crippen LogP contribution >= 0.6 is 0 Å². The number of aromatic hydroxyl groups is 1. The summed E-state index contributed by atoms with van der Waals surface area (Å²) in [7, 11) is -6.98. The van der Waals surface area contributed by atoms with Gasteiger partial charge in [0.2, 0.25) is 10.0 Å². The average Bonchev–Trinajstić information content (AvgIpc) is 2.65. The first kappa shape index (κ1) is 21.5. The summed E-state index contributed by atoms with van der Waals surface area (Å²) < 4.78 is 63.2. The molecule has 0 fully saturated rings. The Morgan fingerprint density at radius 1 is 0.967 bits per heavy atom. The molecule has 0 saturated carbocycles. The molecule has 0 amide bonds. The van der Waals surface area contributed by atoms with Gasteiger partial charge in [0.05, 0.1) is 29.3 Å². The second-order valence-electron chi connectivity index (χ2n) is 6.22. The fraction of sp³-hybridized carbons (Fsp3) is 0.111. The summed E-state index contributed by atoms with van der Waals surface area (Å²) in [6.45, 7) is 0. The van der Waals surface area contributed by atoms with Gasteiger partial charge in [0.1, 0.15) is 17.1 Å². The van der Waals surface area contributed by atoms with E-state index in [0.717, 1.165) is 18.4 Å². The Morgan fingerprint density at radius 2 is 1.63 bits per heavy atom. The van der Waals surface area contributed by atoms with E-state index in [0.29, 0.717) is 11.4 Å². The highest BCUT2D eigenvalue weighted by atomic mass is 32.2. The zero-order valence-corrected chi connectivity index (χ0v) is 17.4. The van der Waals surface area contributed by atoms with E-state index in [4.69, 9.17) is 4.74 Å². The SMILES string of the molecule is COc1ccccc1N=Nc1ccc2cc(S(=O)(=O)O)cc(NS(C)(=O)=O)c2c1O. The number of nitrogens with one attached hydrogen (secondary N) is 1. The highest BCUT2D eigenvalue weighted by Crippen LogP contribution is 2.41. The van der Waals surface area contributed by atoms with Crippen molar-refractivity contribution in [3.8, 4) is 11.5 Å². The van der Waals surface area contributed by atoms with Crippen LogP contribution in [0, 0.1) is 0 Å². The van der Waals surface area contributed by atoms with Crippen molar-refractivity contribution >= 4 is 48.0 Å². The zero-order valence-electron chi connectivity index (χ0n) is 15.8. The molecule has 30 heavy (non-hydrogen) atoms. The van der Waals surface area contributed by atoms with Crippen LogP contribution in [0.4, 0.5) is 17.1 Å². The molecule has 0 aliphatic heterocycles. The molecule has 0 aliphatic rings. The molecular weight excluding hydrogens is 434 g/mol. The minimum Gasteiger partial charge on any atom is -0.505 e. The fourth-order valence-electron chi connectivity index (χ4n) is 2.74. The lowest BCUT2D eigenvalue weighted by Gasteiger charge is -2.12. The van der Waals surface area contributed by atoms with Gasteiger partial charge in [0, 0.05) is 0 Å². The highest BCUT2D eigenvalue weighted by Gasteiger charge is 2.19.